The Balaban J connectivity index is 2.25. The van der Waals surface area contributed by atoms with Gasteiger partial charge < -0.3 is 10.4 Å². The van der Waals surface area contributed by atoms with E-state index in [-0.39, 0.29) is 24.3 Å². The highest BCUT2D eigenvalue weighted by Crippen LogP contribution is 2.37. The van der Waals surface area contributed by atoms with Gasteiger partial charge in [0.05, 0.1) is 0 Å². The van der Waals surface area contributed by atoms with Crippen LogP contribution >= 0.6 is 0 Å². The van der Waals surface area contributed by atoms with Crippen LogP contribution in [0.1, 0.15) is 6.42 Å². The smallest absolute Gasteiger partial charge is 0.223 e. The first-order valence-corrected chi connectivity index (χ1v) is 3.12. The summed E-state index contributed by atoms with van der Waals surface area (Å²) in [6.45, 7) is 0.151. The molecular weight excluding hydrogens is 118 g/mol. The van der Waals surface area contributed by atoms with Gasteiger partial charge in [-0.15, -0.1) is 0 Å². The molecule has 0 radical (unpaired) electrons. The summed E-state index contributed by atoms with van der Waals surface area (Å²) >= 11 is 0. The van der Waals surface area contributed by atoms with E-state index in [4.69, 9.17) is 5.11 Å². The lowest BCUT2D eigenvalue weighted by Gasteiger charge is -1.93. The summed E-state index contributed by atoms with van der Waals surface area (Å²) in [5.41, 5.74) is 0. The maximum absolute atomic E-state index is 10.7. The lowest BCUT2D eigenvalue weighted by atomic mass is 10.3. The minimum Gasteiger partial charge on any atom is -0.396 e. The number of hydrogen-bond donors (Lipinski definition) is 2. The first-order chi connectivity index (χ1) is 4.29. The molecule has 2 atom stereocenters. The Bertz CT molecular complexity index is 124. The molecule has 3 nitrogen and oxygen atoms in total. The van der Waals surface area contributed by atoms with Gasteiger partial charge in [0.15, 0.2) is 0 Å². The highest BCUT2D eigenvalue weighted by atomic mass is 16.3. The Morgan fingerprint density at radius 2 is 2.56 bits per heavy atom. The summed E-state index contributed by atoms with van der Waals surface area (Å²) < 4.78 is 0. The van der Waals surface area contributed by atoms with Gasteiger partial charge in [-0.2, -0.15) is 0 Å². The van der Waals surface area contributed by atoms with E-state index in [0.29, 0.717) is 0 Å². The van der Waals surface area contributed by atoms with Crippen LogP contribution in [0.15, 0.2) is 0 Å². The second kappa shape index (κ2) is 2.35. The van der Waals surface area contributed by atoms with Crippen LogP contribution in [0.3, 0.4) is 0 Å². The van der Waals surface area contributed by atoms with Crippen molar-refractivity contribution in [3.63, 3.8) is 0 Å². The number of hydrogen-bond acceptors (Lipinski definition) is 2. The van der Waals surface area contributed by atoms with Gasteiger partial charge in [0.1, 0.15) is 0 Å². The van der Waals surface area contributed by atoms with Crippen molar-refractivity contribution in [2.45, 2.75) is 6.42 Å². The molecule has 0 aromatic rings. The number of aliphatic hydroxyl groups is 1. The molecule has 1 aliphatic carbocycles. The molecule has 2 N–H and O–H groups in total. The topological polar surface area (TPSA) is 49.3 Å². The zero-order chi connectivity index (χ0) is 6.85. The molecule has 0 aromatic heterocycles. The second-order valence-electron chi connectivity index (χ2n) is 2.40. The normalized spacial score (nSPS) is 31.8. The molecule has 3 heteroatoms. The molecule has 0 saturated heterocycles. The summed E-state index contributed by atoms with van der Waals surface area (Å²) in [6, 6.07) is 0. The number of rotatable bonds is 2. The minimum absolute atomic E-state index is 0.0639. The first-order valence-electron chi connectivity index (χ1n) is 3.12. The van der Waals surface area contributed by atoms with Gasteiger partial charge in [-0.3, -0.25) is 4.79 Å². The molecule has 0 unspecified atom stereocenters. The number of amides is 1. The zero-order valence-electron chi connectivity index (χ0n) is 5.42. The van der Waals surface area contributed by atoms with Crippen molar-refractivity contribution in [2.24, 2.45) is 11.8 Å². The predicted molar refractivity (Wildman–Crippen MR) is 32.7 cm³/mol. The second-order valence-corrected chi connectivity index (χ2v) is 2.40. The quantitative estimate of drug-likeness (QED) is 0.521. The summed E-state index contributed by atoms with van der Waals surface area (Å²) in [7, 11) is 1.62. The Kier molecular flexibility index (Phi) is 1.71. The third-order valence-corrected chi connectivity index (χ3v) is 1.74. The van der Waals surface area contributed by atoms with E-state index in [2.05, 4.69) is 5.32 Å². The van der Waals surface area contributed by atoms with Crippen molar-refractivity contribution in [2.75, 3.05) is 13.7 Å². The maximum atomic E-state index is 10.7. The molecule has 1 saturated carbocycles. The van der Waals surface area contributed by atoms with Crippen molar-refractivity contribution in [3.05, 3.63) is 0 Å². The monoisotopic (exact) mass is 129 g/mol. The molecule has 9 heavy (non-hydrogen) atoms. The van der Waals surface area contributed by atoms with Gasteiger partial charge >= 0.3 is 0 Å². The van der Waals surface area contributed by atoms with Crippen LogP contribution in [0.5, 0.6) is 0 Å². The Morgan fingerprint density at radius 1 is 1.89 bits per heavy atom. The highest BCUT2D eigenvalue weighted by molar-refractivity contribution is 5.81. The fourth-order valence-electron chi connectivity index (χ4n) is 0.956. The summed E-state index contributed by atoms with van der Waals surface area (Å²) in [5.74, 6) is 0.402. The molecule has 1 aliphatic rings. The van der Waals surface area contributed by atoms with E-state index in [9.17, 15) is 4.79 Å². The average Bonchev–Trinajstić information content (AvgIpc) is 2.64. The Hall–Kier alpha value is -0.570. The number of nitrogens with one attached hydrogen (secondary N) is 1. The number of carbonyl (C=O) groups is 1. The van der Waals surface area contributed by atoms with Gasteiger partial charge in [-0.1, -0.05) is 0 Å². The van der Waals surface area contributed by atoms with Crippen molar-refractivity contribution in [1.82, 2.24) is 5.32 Å². The van der Waals surface area contributed by atoms with Crippen LogP contribution in [0.4, 0.5) is 0 Å². The van der Waals surface area contributed by atoms with Crippen LogP contribution < -0.4 is 5.32 Å². The molecule has 0 bridgehead atoms. The largest absolute Gasteiger partial charge is 0.396 e. The van der Waals surface area contributed by atoms with Gasteiger partial charge in [0.25, 0.3) is 0 Å². The van der Waals surface area contributed by atoms with Gasteiger partial charge in [-0.05, 0) is 12.3 Å². The van der Waals surface area contributed by atoms with E-state index in [1.807, 2.05) is 0 Å². The molecule has 1 fully saturated rings. The molecule has 0 aliphatic heterocycles. The fourth-order valence-corrected chi connectivity index (χ4v) is 0.956. The van der Waals surface area contributed by atoms with Gasteiger partial charge in [0, 0.05) is 19.6 Å². The third kappa shape index (κ3) is 1.21. The average molecular weight is 129 g/mol. The molecular formula is C6H11NO2. The summed E-state index contributed by atoms with van der Waals surface area (Å²) in [6.07, 6.45) is 0.857. The van der Waals surface area contributed by atoms with Crippen LogP contribution in [0.25, 0.3) is 0 Å². The fraction of sp³-hybridized carbons (Fsp3) is 0.833. The van der Waals surface area contributed by atoms with E-state index in [0.717, 1.165) is 6.42 Å². The van der Waals surface area contributed by atoms with Gasteiger partial charge in [-0.25, -0.2) is 0 Å². The van der Waals surface area contributed by atoms with Crippen LogP contribution in [0, 0.1) is 11.8 Å². The van der Waals surface area contributed by atoms with Gasteiger partial charge in [0.2, 0.25) is 5.91 Å². The van der Waals surface area contributed by atoms with E-state index in [1.54, 1.807) is 7.05 Å². The molecule has 1 amide bonds. The minimum atomic E-state index is 0.0639. The molecule has 1 rings (SSSR count). The van der Waals surface area contributed by atoms with E-state index < -0.39 is 0 Å². The van der Waals surface area contributed by atoms with Crippen molar-refractivity contribution >= 4 is 5.91 Å². The summed E-state index contributed by atoms with van der Waals surface area (Å²) in [4.78, 5) is 10.7. The molecule has 0 spiro atoms. The molecule has 52 valence electrons. The van der Waals surface area contributed by atoms with Crippen LogP contribution in [-0.2, 0) is 4.79 Å². The standard InChI is InChI=1S/C6H11NO2/c1-7-6(9)5-2-4(5)3-8/h4-5,8H,2-3H2,1H3,(H,7,9)/t4-,5-/m1/s1. The van der Waals surface area contributed by atoms with Crippen molar-refractivity contribution in [1.29, 1.82) is 0 Å². The molecule has 0 heterocycles. The van der Waals surface area contributed by atoms with E-state index >= 15 is 0 Å². The van der Waals surface area contributed by atoms with Crippen LogP contribution in [-0.4, -0.2) is 24.7 Å². The zero-order valence-corrected chi connectivity index (χ0v) is 5.42. The third-order valence-electron chi connectivity index (χ3n) is 1.74. The van der Waals surface area contributed by atoms with Crippen molar-refractivity contribution < 1.29 is 9.90 Å². The van der Waals surface area contributed by atoms with Crippen LogP contribution in [0.2, 0.25) is 0 Å². The lowest BCUT2D eigenvalue weighted by Crippen LogP contribution is -2.20. The van der Waals surface area contributed by atoms with Crippen molar-refractivity contribution in [3.8, 4) is 0 Å². The maximum Gasteiger partial charge on any atom is 0.223 e. The lowest BCUT2D eigenvalue weighted by molar-refractivity contribution is -0.122. The summed E-state index contributed by atoms with van der Waals surface area (Å²) in [5, 5.41) is 11.1. The SMILES string of the molecule is CNC(=O)[C@@H]1C[C@@H]1CO. The number of carbonyl (C=O) groups excluding carboxylic acids is 1. The first kappa shape index (κ1) is 6.55. The Labute approximate surface area is 54.1 Å². The van der Waals surface area contributed by atoms with E-state index in [1.165, 1.54) is 0 Å². The predicted octanol–water partition coefficient (Wildman–Crippen LogP) is -0.639. The highest BCUT2D eigenvalue weighted by Gasteiger charge is 2.41. The number of aliphatic hydroxyl groups excluding tert-OH is 1. The molecule has 0 aromatic carbocycles. The Morgan fingerprint density at radius 3 is 2.89 bits per heavy atom.